The average molecular weight is 239 g/mol. The summed E-state index contributed by atoms with van der Waals surface area (Å²) in [7, 11) is 0. The predicted octanol–water partition coefficient (Wildman–Crippen LogP) is 0.923. The molecule has 1 aromatic carbocycles. The molecule has 0 heterocycles. The molecule has 0 spiro atoms. The Morgan fingerprint density at radius 2 is 1.65 bits per heavy atom. The molecular weight excluding hydrogens is 230 g/mol. The molecule has 0 unspecified atom stereocenters. The van der Waals surface area contributed by atoms with Crippen LogP contribution in [0.15, 0.2) is 24.3 Å². The van der Waals surface area contributed by atoms with Gasteiger partial charge in [0.25, 0.3) is 5.69 Å². The van der Waals surface area contributed by atoms with Gasteiger partial charge >= 0.3 is 11.9 Å². The lowest BCUT2D eigenvalue weighted by atomic mass is 9.99. The summed E-state index contributed by atoms with van der Waals surface area (Å²) in [6, 6.07) is 5.10. The third kappa shape index (κ3) is 3.26. The molecule has 1 aromatic rings. The molecule has 0 aromatic heterocycles. The minimum Gasteiger partial charge on any atom is -0.481 e. The van der Waals surface area contributed by atoms with Crippen LogP contribution in [0.3, 0.4) is 0 Å². The first-order chi connectivity index (χ1) is 7.91. The SMILES string of the molecule is O=C(O)C(Cc1ccc([N+](=O)[O-])cc1)C(=O)O. The van der Waals surface area contributed by atoms with Gasteiger partial charge in [-0.2, -0.15) is 0 Å². The van der Waals surface area contributed by atoms with Crippen LogP contribution in [0.4, 0.5) is 5.69 Å². The van der Waals surface area contributed by atoms with Crippen molar-refractivity contribution in [2.75, 3.05) is 0 Å². The van der Waals surface area contributed by atoms with Crippen molar-refractivity contribution in [3.05, 3.63) is 39.9 Å². The van der Waals surface area contributed by atoms with Crippen molar-refractivity contribution in [2.45, 2.75) is 6.42 Å². The quantitative estimate of drug-likeness (QED) is 0.448. The highest BCUT2D eigenvalue weighted by Gasteiger charge is 2.25. The van der Waals surface area contributed by atoms with Crippen LogP contribution in [0.2, 0.25) is 0 Å². The average Bonchev–Trinajstić information content (AvgIpc) is 2.25. The number of aliphatic carboxylic acids is 2. The van der Waals surface area contributed by atoms with Crippen LogP contribution >= 0.6 is 0 Å². The number of carbonyl (C=O) groups is 2. The van der Waals surface area contributed by atoms with E-state index in [0.29, 0.717) is 5.56 Å². The molecule has 0 aliphatic rings. The van der Waals surface area contributed by atoms with Crippen molar-refractivity contribution in [3.8, 4) is 0 Å². The summed E-state index contributed by atoms with van der Waals surface area (Å²) in [4.78, 5) is 31.0. The Balaban J connectivity index is 2.84. The fourth-order valence-corrected chi connectivity index (χ4v) is 1.27. The summed E-state index contributed by atoms with van der Waals surface area (Å²) in [5, 5.41) is 27.7. The molecule has 0 aliphatic carbocycles. The van der Waals surface area contributed by atoms with Crippen molar-refractivity contribution < 1.29 is 24.7 Å². The molecule has 0 aliphatic heterocycles. The maximum absolute atomic E-state index is 10.6. The fourth-order valence-electron chi connectivity index (χ4n) is 1.27. The van der Waals surface area contributed by atoms with Crippen LogP contribution in [0.1, 0.15) is 5.56 Å². The molecule has 0 fully saturated rings. The third-order valence-corrected chi connectivity index (χ3v) is 2.18. The summed E-state index contributed by atoms with van der Waals surface area (Å²) < 4.78 is 0. The molecule has 7 heteroatoms. The van der Waals surface area contributed by atoms with Gasteiger partial charge in [-0.1, -0.05) is 12.1 Å². The van der Waals surface area contributed by atoms with Gasteiger partial charge in [0, 0.05) is 12.1 Å². The maximum atomic E-state index is 10.6. The fraction of sp³-hybridized carbons (Fsp3) is 0.200. The number of carboxylic acid groups (broad SMARTS) is 2. The maximum Gasteiger partial charge on any atom is 0.318 e. The minimum atomic E-state index is -1.54. The predicted molar refractivity (Wildman–Crippen MR) is 55.6 cm³/mol. The number of rotatable bonds is 5. The second kappa shape index (κ2) is 5.06. The van der Waals surface area contributed by atoms with Gasteiger partial charge in [-0.15, -0.1) is 0 Å². The number of benzene rings is 1. The van der Waals surface area contributed by atoms with Crippen molar-refractivity contribution in [1.82, 2.24) is 0 Å². The largest absolute Gasteiger partial charge is 0.481 e. The van der Waals surface area contributed by atoms with E-state index < -0.39 is 22.8 Å². The van der Waals surface area contributed by atoms with E-state index in [1.54, 1.807) is 0 Å². The zero-order valence-corrected chi connectivity index (χ0v) is 8.57. The lowest BCUT2D eigenvalue weighted by Gasteiger charge is -2.06. The van der Waals surface area contributed by atoms with Gasteiger partial charge in [-0.25, -0.2) is 0 Å². The molecule has 0 amide bonds. The summed E-state index contributed by atoms with van der Waals surface area (Å²) in [5.74, 6) is -4.41. The lowest BCUT2D eigenvalue weighted by molar-refractivity contribution is -0.384. The first-order valence-corrected chi connectivity index (χ1v) is 4.60. The van der Waals surface area contributed by atoms with E-state index in [-0.39, 0.29) is 12.1 Å². The second-order valence-corrected chi connectivity index (χ2v) is 3.36. The number of hydrogen-bond acceptors (Lipinski definition) is 4. The molecule has 2 N–H and O–H groups in total. The van der Waals surface area contributed by atoms with Crippen molar-refractivity contribution >= 4 is 17.6 Å². The highest BCUT2D eigenvalue weighted by Crippen LogP contribution is 2.15. The van der Waals surface area contributed by atoms with Gasteiger partial charge in [0.2, 0.25) is 0 Å². The summed E-state index contributed by atoms with van der Waals surface area (Å²) >= 11 is 0. The smallest absolute Gasteiger partial charge is 0.318 e. The van der Waals surface area contributed by atoms with E-state index in [4.69, 9.17) is 10.2 Å². The Kier molecular flexibility index (Phi) is 3.76. The summed E-state index contributed by atoms with van der Waals surface area (Å²) in [6.07, 6.45) is -0.206. The van der Waals surface area contributed by atoms with Crippen LogP contribution in [0.25, 0.3) is 0 Å². The molecule has 1 rings (SSSR count). The molecule has 90 valence electrons. The Bertz CT molecular complexity index is 438. The van der Waals surface area contributed by atoms with Crippen LogP contribution < -0.4 is 0 Å². The molecule has 0 bridgehead atoms. The molecule has 0 saturated heterocycles. The second-order valence-electron chi connectivity index (χ2n) is 3.36. The van der Waals surface area contributed by atoms with Gasteiger partial charge in [-0.05, 0) is 12.0 Å². The molecule has 7 nitrogen and oxygen atoms in total. The zero-order chi connectivity index (χ0) is 13.0. The first kappa shape index (κ1) is 12.6. The Morgan fingerprint density at radius 3 is 2.00 bits per heavy atom. The molecular formula is C10H9NO6. The van der Waals surface area contributed by atoms with Crippen LogP contribution in [0, 0.1) is 16.0 Å². The highest BCUT2D eigenvalue weighted by molar-refractivity contribution is 5.93. The first-order valence-electron chi connectivity index (χ1n) is 4.60. The Hall–Kier alpha value is -2.44. The van der Waals surface area contributed by atoms with Crippen LogP contribution in [-0.2, 0) is 16.0 Å². The minimum absolute atomic E-state index is 0.129. The van der Waals surface area contributed by atoms with E-state index in [0.717, 1.165) is 0 Å². The zero-order valence-electron chi connectivity index (χ0n) is 8.57. The molecule has 0 atom stereocenters. The number of nitro groups is 1. The standard InChI is InChI=1S/C10H9NO6/c12-9(13)8(10(14)15)5-6-1-3-7(4-2-6)11(16)17/h1-4,8H,5H2,(H,12,13)(H,14,15). The van der Waals surface area contributed by atoms with Crippen LogP contribution in [-0.4, -0.2) is 27.1 Å². The van der Waals surface area contributed by atoms with Gasteiger partial charge in [-0.3, -0.25) is 19.7 Å². The van der Waals surface area contributed by atoms with Crippen LogP contribution in [0.5, 0.6) is 0 Å². The van der Waals surface area contributed by atoms with Gasteiger partial charge in [0.1, 0.15) is 0 Å². The number of hydrogen-bond donors (Lipinski definition) is 2. The van der Waals surface area contributed by atoms with E-state index in [1.807, 2.05) is 0 Å². The van der Waals surface area contributed by atoms with E-state index in [2.05, 4.69) is 0 Å². The van der Waals surface area contributed by atoms with E-state index >= 15 is 0 Å². The molecule has 17 heavy (non-hydrogen) atoms. The molecule has 0 radical (unpaired) electrons. The lowest BCUT2D eigenvalue weighted by Crippen LogP contribution is -2.25. The number of nitro benzene ring substituents is 1. The van der Waals surface area contributed by atoms with Gasteiger partial charge in [0.05, 0.1) is 4.92 Å². The van der Waals surface area contributed by atoms with Gasteiger partial charge < -0.3 is 10.2 Å². The summed E-state index contributed by atoms with van der Waals surface area (Å²) in [5.41, 5.74) is 0.293. The van der Waals surface area contributed by atoms with Crippen molar-refractivity contribution in [2.24, 2.45) is 5.92 Å². The Labute approximate surface area is 95.5 Å². The van der Waals surface area contributed by atoms with E-state index in [9.17, 15) is 19.7 Å². The van der Waals surface area contributed by atoms with Crippen molar-refractivity contribution in [3.63, 3.8) is 0 Å². The Morgan fingerprint density at radius 1 is 1.18 bits per heavy atom. The van der Waals surface area contributed by atoms with Crippen molar-refractivity contribution in [1.29, 1.82) is 0 Å². The van der Waals surface area contributed by atoms with Gasteiger partial charge in [0.15, 0.2) is 5.92 Å². The number of carboxylic acids is 2. The monoisotopic (exact) mass is 239 g/mol. The highest BCUT2D eigenvalue weighted by atomic mass is 16.6. The normalized spacial score (nSPS) is 10.2. The third-order valence-electron chi connectivity index (χ3n) is 2.18. The summed E-state index contributed by atoms with van der Waals surface area (Å²) in [6.45, 7) is 0. The number of non-ortho nitro benzene ring substituents is 1. The topological polar surface area (TPSA) is 118 Å². The molecule has 0 saturated carbocycles. The number of nitrogens with zero attached hydrogens (tertiary/aromatic N) is 1. The van der Waals surface area contributed by atoms with E-state index in [1.165, 1.54) is 24.3 Å².